The molecule has 0 radical (unpaired) electrons. The molecule has 0 aromatic carbocycles. The second kappa shape index (κ2) is 6.21. The molecular weight excluding hydrogens is 202 g/mol. The SMILES string of the molecule is CCNCC(=O)NCC1(N(C)C)CCCC1.[HH].[HH]. The van der Waals surface area contributed by atoms with E-state index in [0.717, 1.165) is 13.1 Å². The fourth-order valence-corrected chi connectivity index (χ4v) is 2.38. The molecule has 98 valence electrons. The quantitative estimate of drug-likeness (QED) is 0.719. The van der Waals surface area contributed by atoms with Crippen LogP contribution in [0.1, 0.15) is 35.5 Å². The van der Waals surface area contributed by atoms with E-state index in [2.05, 4.69) is 29.6 Å². The number of carbonyl (C=O) groups excluding carboxylic acids is 1. The molecule has 0 bridgehead atoms. The normalized spacial score (nSPS) is 19.0. The van der Waals surface area contributed by atoms with Gasteiger partial charge in [-0.2, -0.15) is 0 Å². The summed E-state index contributed by atoms with van der Waals surface area (Å²) in [5.74, 6) is 0.106. The first-order valence-electron chi connectivity index (χ1n) is 6.25. The average Bonchev–Trinajstić information content (AvgIpc) is 2.73. The lowest BCUT2D eigenvalue weighted by molar-refractivity contribution is -0.120. The van der Waals surface area contributed by atoms with E-state index in [9.17, 15) is 4.79 Å². The zero-order valence-electron chi connectivity index (χ0n) is 10.8. The highest BCUT2D eigenvalue weighted by atomic mass is 16.1. The first kappa shape index (κ1) is 13.5. The largest absolute Gasteiger partial charge is 0.353 e. The van der Waals surface area contributed by atoms with E-state index in [1.54, 1.807) is 0 Å². The lowest BCUT2D eigenvalue weighted by Gasteiger charge is -2.36. The molecule has 1 rings (SSSR count). The van der Waals surface area contributed by atoms with Crippen molar-refractivity contribution in [1.29, 1.82) is 0 Å². The summed E-state index contributed by atoms with van der Waals surface area (Å²) in [6.07, 6.45) is 4.95. The first-order chi connectivity index (χ1) is 7.60. The third-order valence-electron chi connectivity index (χ3n) is 3.63. The van der Waals surface area contributed by atoms with Crippen LogP contribution in [0, 0.1) is 0 Å². The van der Waals surface area contributed by atoms with E-state index < -0.39 is 0 Å². The van der Waals surface area contributed by atoms with Gasteiger partial charge >= 0.3 is 0 Å². The first-order valence-corrected chi connectivity index (χ1v) is 6.25. The van der Waals surface area contributed by atoms with Crippen LogP contribution in [0.25, 0.3) is 0 Å². The van der Waals surface area contributed by atoms with E-state index in [4.69, 9.17) is 0 Å². The number of nitrogens with zero attached hydrogens (tertiary/aromatic N) is 1. The van der Waals surface area contributed by atoms with Crippen molar-refractivity contribution in [2.75, 3.05) is 33.7 Å². The summed E-state index contributed by atoms with van der Waals surface area (Å²) in [5.41, 5.74) is 0.196. The Labute approximate surface area is 102 Å². The summed E-state index contributed by atoms with van der Waals surface area (Å²) in [6.45, 7) is 4.06. The van der Waals surface area contributed by atoms with Crippen LogP contribution in [0.2, 0.25) is 0 Å². The zero-order valence-corrected chi connectivity index (χ0v) is 10.8. The summed E-state index contributed by atoms with van der Waals surface area (Å²) < 4.78 is 0. The predicted molar refractivity (Wildman–Crippen MR) is 70.7 cm³/mol. The number of hydrogen-bond donors (Lipinski definition) is 2. The zero-order chi connectivity index (χ0) is 12.0. The molecule has 0 atom stereocenters. The van der Waals surface area contributed by atoms with Crippen LogP contribution in [0.4, 0.5) is 0 Å². The van der Waals surface area contributed by atoms with E-state index >= 15 is 0 Å². The van der Waals surface area contributed by atoms with Crippen molar-refractivity contribution < 1.29 is 7.65 Å². The molecule has 0 unspecified atom stereocenters. The maximum atomic E-state index is 11.5. The third kappa shape index (κ3) is 3.46. The fourth-order valence-electron chi connectivity index (χ4n) is 2.38. The maximum absolute atomic E-state index is 11.5. The average molecular weight is 231 g/mol. The summed E-state index contributed by atoms with van der Waals surface area (Å²) in [7, 11) is 4.23. The van der Waals surface area contributed by atoms with Gasteiger partial charge in [0.1, 0.15) is 0 Å². The Morgan fingerprint density at radius 3 is 2.50 bits per heavy atom. The lowest BCUT2D eigenvalue weighted by atomic mass is 9.96. The molecule has 0 aliphatic heterocycles. The van der Waals surface area contributed by atoms with Crippen molar-refractivity contribution >= 4 is 5.91 Å². The van der Waals surface area contributed by atoms with Gasteiger partial charge in [0.05, 0.1) is 6.54 Å². The molecule has 0 aromatic heterocycles. The van der Waals surface area contributed by atoms with E-state index in [-0.39, 0.29) is 14.3 Å². The van der Waals surface area contributed by atoms with Gasteiger partial charge < -0.3 is 15.5 Å². The Balaban J connectivity index is 0. The molecule has 4 heteroatoms. The molecular formula is C12H29N3O. The Bertz CT molecular complexity index is 231. The summed E-state index contributed by atoms with van der Waals surface area (Å²) in [6, 6.07) is 0. The van der Waals surface area contributed by atoms with Crippen molar-refractivity contribution in [2.24, 2.45) is 0 Å². The van der Waals surface area contributed by atoms with Crippen molar-refractivity contribution in [2.45, 2.75) is 38.1 Å². The Hall–Kier alpha value is -0.610. The molecule has 0 saturated heterocycles. The van der Waals surface area contributed by atoms with E-state index in [1.807, 2.05) is 6.92 Å². The lowest BCUT2D eigenvalue weighted by Crippen LogP contribution is -2.51. The van der Waals surface area contributed by atoms with Crippen molar-refractivity contribution in [3.05, 3.63) is 0 Å². The molecule has 1 amide bonds. The number of hydrogen-bond acceptors (Lipinski definition) is 3. The van der Waals surface area contributed by atoms with Gasteiger partial charge in [-0.3, -0.25) is 4.79 Å². The highest BCUT2D eigenvalue weighted by Gasteiger charge is 2.35. The van der Waals surface area contributed by atoms with Gasteiger partial charge in [0, 0.05) is 14.9 Å². The molecule has 1 aliphatic carbocycles. The van der Waals surface area contributed by atoms with Gasteiger partial charge in [-0.15, -0.1) is 0 Å². The van der Waals surface area contributed by atoms with E-state index in [1.165, 1.54) is 25.7 Å². The molecule has 0 aromatic rings. The topological polar surface area (TPSA) is 44.4 Å². The van der Waals surface area contributed by atoms with Gasteiger partial charge in [0.15, 0.2) is 0 Å². The van der Waals surface area contributed by atoms with Gasteiger partial charge in [0.2, 0.25) is 5.91 Å². The molecule has 1 fully saturated rings. The van der Waals surface area contributed by atoms with Crippen molar-refractivity contribution in [3.8, 4) is 0 Å². The number of rotatable bonds is 6. The number of amides is 1. The summed E-state index contributed by atoms with van der Waals surface area (Å²) >= 11 is 0. The molecule has 1 saturated carbocycles. The monoisotopic (exact) mass is 231 g/mol. The van der Waals surface area contributed by atoms with Crippen LogP contribution < -0.4 is 10.6 Å². The highest BCUT2D eigenvalue weighted by molar-refractivity contribution is 5.78. The number of nitrogens with one attached hydrogen (secondary N) is 2. The second-order valence-corrected chi connectivity index (χ2v) is 4.88. The molecule has 4 nitrogen and oxygen atoms in total. The van der Waals surface area contributed by atoms with Crippen LogP contribution in [0.3, 0.4) is 0 Å². The highest BCUT2D eigenvalue weighted by Crippen LogP contribution is 2.32. The van der Waals surface area contributed by atoms with Crippen LogP contribution in [-0.4, -0.2) is 50.1 Å². The predicted octanol–water partition coefficient (Wildman–Crippen LogP) is 1.08. The number of likely N-dealkylation sites (N-methyl/N-ethyl adjacent to an activating group) is 2. The Morgan fingerprint density at radius 1 is 1.38 bits per heavy atom. The van der Waals surface area contributed by atoms with Crippen LogP contribution in [-0.2, 0) is 4.79 Å². The minimum absolute atomic E-state index is 0. The van der Waals surface area contributed by atoms with Gasteiger partial charge in [-0.05, 0) is 33.5 Å². The molecule has 16 heavy (non-hydrogen) atoms. The summed E-state index contributed by atoms with van der Waals surface area (Å²) in [5, 5.41) is 6.08. The van der Waals surface area contributed by atoms with Crippen molar-refractivity contribution in [3.63, 3.8) is 0 Å². The van der Waals surface area contributed by atoms with Crippen molar-refractivity contribution in [1.82, 2.24) is 15.5 Å². The molecule has 1 aliphatic rings. The van der Waals surface area contributed by atoms with Crippen LogP contribution in [0.5, 0.6) is 0 Å². The van der Waals surface area contributed by atoms with Crippen LogP contribution in [0.15, 0.2) is 0 Å². The fraction of sp³-hybridized carbons (Fsp3) is 0.917. The van der Waals surface area contributed by atoms with Gasteiger partial charge in [-0.25, -0.2) is 0 Å². The van der Waals surface area contributed by atoms with Gasteiger partial charge in [0.25, 0.3) is 0 Å². The minimum Gasteiger partial charge on any atom is -0.353 e. The van der Waals surface area contributed by atoms with Crippen LogP contribution >= 0.6 is 0 Å². The number of carbonyl (C=O) groups is 1. The standard InChI is InChI=1S/C12H25N3O.2H2/c1-4-13-9-11(16)14-10-12(15(2)3)7-5-6-8-12;;/h13H,4-10H2,1-3H3,(H,14,16);2*1H. The van der Waals surface area contributed by atoms with E-state index in [0.29, 0.717) is 6.54 Å². The third-order valence-corrected chi connectivity index (χ3v) is 3.63. The Kier molecular flexibility index (Phi) is 5.22. The molecule has 2 N–H and O–H groups in total. The van der Waals surface area contributed by atoms with Gasteiger partial charge in [-0.1, -0.05) is 19.8 Å². The summed E-state index contributed by atoms with van der Waals surface area (Å²) in [4.78, 5) is 13.8. The molecule has 0 heterocycles. The molecule has 0 spiro atoms. The second-order valence-electron chi connectivity index (χ2n) is 4.88. The maximum Gasteiger partial charge on any atom is 0.234 e. The smallest absolute Gasteiger partial charge is 0.234 e. The minimum atomic E-state index is 0. The Morgan fingerprint density at radius 2 is 2.00 bits per heavy atom.